The first-order valence-corrected chi connectivity index (χ1v) is 9.97. The van der Waals surface area contributed by atoms with Crippen LogP contribution in [0.3, 0.4) is 0 Å². The van der Waals surface area contributed by atoms with Crippen molar-refractivity contribution >= 4 is 0 Å². The zero-order valence-corrected chi connectivity index (χ0v) is 16.9. The molecule has 0 aromatic rings. The van der Waals surface area contributed by atoms with Gasteiger partial charge in [0.25, 0.3) is 0 Å². The molecular formula is C21H40N2O3. The first-order chi connectivity index (χ1) is 12.5. The van der Waals surface area contributed by atoms with E-state index in [2.05, 4.69) is 26.7 Å². The van der Waals surface area contributed by atoms with E-state index < -0.39 is 5.09 Å². The second-order valence-corrected chi connectivity index (χ2v) is 6.88. The molecule has 0 radical (unpaired) electrons. The summed E-state index contributed by atoms with van der Waals surface area (Å²) in [7, 11) is 0. The van der Waals surface area contributed by atoms with E-state index in [1.807, 2.05) is 18.2 Å². The Morgan fingerprint density at radius 1 is 0.731 bits per heavy atom. The molecule has 5 nitrogen and oxygen atoms in total. The number of rotatable bonds is 17. The van der Waals surface area contributed by atoms with Crippen LogP contribution in [0.25, 0.3) is 0 Å². The van der Waals surface area contributed by atoms with Crippen LogP contribution in [0.2, 0.25) is 0 Å². The van der Waals surface area contributed by atoms with E-state index in [4.69, 9.17) is 15.3 Å². The highest BCUT2D eigenvalue weighted by molar-refractivity contribution is 4.76. The van der Waals surface area contributed by atoms with Crippen molar-refractivity contribution in [3.8, 4) is 0 Å². The predicted molar refractivity (Wildman–Crippen MR) is 113 cm³/mol. The molecule has 0 aliphatic carbocycles. The zero-order valence-electron chi connectivity index (χ0n) is 16.9. The van der Waals surface area contributed by atoms with Gasteiger partial charge in [-0.3, -0.25) is 0 Å². The Hall–Kier alpha value is -1.62. The second-order valence-electron chi connectivity index (χ2n) is 6.88. The molecule has 152 valence electrons. The maximum atomic E-state index is 8.25. The topological polar surface area (TPSA) is 66.2 Å². The minimum atomic E-state index is -1.75. The SMILES string of the molecule is C=CC[N+](CC=C)(CC=C)CCCCCCCCCCCC.O=[N+]([O-])[O-]. The number of hydrogen-bond donors (Lipinski definition) is 0. The van der Waals surface area contributed by atoms with E-state index in [9.17, 15) is 0 Å². The molecule has 0 aliphatic heterocycles. The smallest absolute Gasteiger partial charge is 0.0975 e. The summed E-state index contributed by atoms with van der Waals surface area (Å²) in [6.07, 6.45) is 20.1. The normalized spacial score (nSPS) is 10.5. The van der Waals surface area contributed by atoms with Crippen molar-refractivity contribution in [1.82, 2.24) is 0 Å². The molecular weight excluding hydrogens is 328 g/mol. The summed E-state index contributed by atoms with van der Waals surface area (Å²) >= 11 is 0. The van der Waals surface area contributed by atoms with Crippen molar-refractivity contribution < 1.29 is 9.57 Å². The van der Waals surface area contributed by atoms with Gasteiger partial charge in [-0.2, -0.15) is 0 Å². The van der Waals surface area contributed by atoms with Crippen LogP contribution in [0.5, 0.6) is 0 Å². The van der Waals surface area contributed by atoms with Gasteiger partial charge in [0.1, 0.15) is 0 Å². The van der Waals surface area contributed by atoms with Crippen LogP contribution >= 0.6 is 0 Å². The fraction of sp³-hybridized carbons (Fsp3) is 0.714. The van der Waals surface area contributed by atoms with Crippen LogP contribution < -0.4 is 0 Å². The van der Waals surface area contributed by atoms with Gasteiger partial charge < -0.3 is 19.8 Å². The van der Waals surface area contributed by atoms with Crippen LogP contribution in [0.4, 0.5) is 0 Å². The third-order valence-corrected chi connectivity index (χ3v) is 4.54. The third kappa shape index (κ3) is 18.7. The molecule has 0 saturated carbocycles. The van der Waals surface area contributed by atoms with Crippen molar-refractivity contribution in [3.63, 3.8) is 0 Å². The fourth-order valence-corrected chi connectivity index (χ4v) is 3.25. The highest BCUT2D eigenvalue weighted by Crippen LogP contribution is 2.14. The van der Waals surface area contributed by atoms with Gasteiger partial charge >= 0.3 is 0 Å². The summed E-state index contributed by atoms with van der Waals surface area (Å²) < 4.78 is 1.05. The van der Waals surface area contributed by atoms with Gasteiger partial charge in [-0.05, 0) is 31.1 Å². The molecule has 0 heterocycles. The van der Waals surface area contributed by atoms with Crippen molar-refractivity contribution in [1.29, 1.82) is 0 Å². The van der Waals surface area contributed by atoms with Crippen LogP contribution in [-0.4, -0.2) is 35.7 Å². The van der Waals surface area contributed by atoms with Crippen LogP contribution in [0.1, 0.15) is 71.1 Å². The lowest BCUT2D eigenvalue weighted by molar-refractivity contribution is -0.912. The Bertz CT molecular complexity index is 340. The first kappa shape index (κ1) is 26.6. The molecule has 0 saturated heterocycles. The Morgan fingerprint density at radius 3 is 1.35 bits per heavy atom. The standard InChI is InChI=1S/C21H40N.NO3/c1-5-9-10-11-12-13-14-15-16-17-21-22(18-6-2,19-7-3)20-8-4;2-1(3)4/h6-8H,2-5,9-21H2,1H3;/q+1;-1. The Labute approximate surface area is 160 Å². The van der Waals surface area contributed by atoms with Gasteiger partial charge in [0, 0.05) is 0 Å². The van der Waals surface area contributed by atoms with Crippen LogP contribution in [-0.2, 0) is 0 Å². The molecule has 0 fully saturated rings. The fourth-order valence-electron chi connectivity index (χ4n) is 3.25. The molecule has 5 heteroatoms. The van der Waals surface area contributed by atoms with E-state index >= 15 is 0 Å². The molecule has 0 amide bonds. The van der Waals surface area contributed by atoms with Crippen LogP contribution in [0, 0.1) is 15.3 Å². The number of unbranched alkanes of at least 4 members (excludes halogenated alkanes) is 9. The maximum Gasteiger partial charge on any atom is 0.0975 e. The van der Waals surface area contributed by atoms with Crippen molar-refractivity contribution in [3.05, 3.63) is 53.3 Å². The zero-order chi connectivity index (χ0) is 20.1. The van der Waals surface area contributed by atoms with Crippen molar-refractivity contribution in [2.45, 2.75) is 71.1 Å². The van der Waals surface area contributed by atoms with Gasteiger partial charge in [-0.25, -0.2) is 0 Å². The molecule has 26 heavy (non-hydrogen) atoms. The molecule has 0 N–H and O–H groups in total. The molecule has 0 aliphatic rings. The third-order valence-electron chi connectivity index (χ3n) is 4.54. The quantitative estimate of drug-likeness (QED) is 0.103. The summed E-state index contributed by atoms with van der Waals surface area (Å²) in [6, 6.07) is 0. The van der Waals surface area contributed by atoms with Gasteiger partial charge in [0.2, 0.25) is 0 Å². The highest BCUT2D eigenvalue weighted by atomic mass is 16.9. The first-order valence-electron chi connectivity index (χ1n) is 9.97. The summed E-state index contributed by atoms with van der Waals surface area (Å²) in [6.45, 7) is 18.3. The molecule has 0 unspecified atom stereocenters. The predicted octanol–water partition coefficient (Wildman–Crippen LogP) is 6.04. The number of nitrogens with zero attached hydrogens (tertiary/aromatic N) is 2. The summed E-state index contributed by atoms with van der Waals surface area (Å²) in [5.41, 5.74) is 0. The average molecular weight is 369 g/mol. The van der Waals surface area contributed by atoms with E-state index in [1.165, 1.54) is 70.8 Å². The minimum absolute atomic E-state index is 1.02. The molecule has 0 aromatic heterocycles. The summed E-state index contributed by atoms with van der Waals surface area (Å²) in [4.78, 5) is 8.25. The molecule has 0 atom stereocenters. The number of hydrogen-bond acceptors (Lipinski definition) is 3. The monoisotopic (exact) mass is 368 g/mol. The van der Waals surface area contributed by atoms with E-state index in [0.29, 0.717) is 0 Å². The van der Waals surface area contributed by atoms with Crippen molar-refractivity contribution in [2.75, 3.05) is 26.2 Å². The number of quaternary nitrogens is 1. The van der Waals surface area contributed by atoms with E-state index in [-0.39, 0.29) is 0 Å². The van der Waals surface area contributed by atoms with Gasteiger partial charge in [-0.1, -0.05) is 78.0 Å². The largest absolute Gasteiger partial charge is 0.356 e. The summed E-state index contributed by atoms with van der Waals surface area (Å²) in [5, 5.41) is 14.8. The van der Waals surface area contributed by atoms with E-state index in [1.54, 1.807) is 0 Å². The molecule has 0 rings (SSSR count). The van der Waals surface area contributed by atoms with Gasteiger partial charge in [0.15, 0.2) is 0 Å². The van der Waals surface area contributed by atoms with E-state index in [0.717, 1.165) is 24.1 Å². The summed E-state index contributed by atoms with van der Waals surface area (Å²) in [5.74, 6) is 0. The molecule has 0 bridgehead atoms. The lowest BCUT2D eigenvalue weighted by atomic mass is 10.1. The Kier molecular flexibility index (Phi) is 20.2. The maximum absolute atomic E-state index is 8.25. The second kappa shape index (κ2) is 19.7. The van der Waals surface area contributed by atoms with Crippen LogP contribution in [0.15, 0.2) is 38.0 Å². The minimum Gasteiger partial charge on any atom is -0.356 e. The molecule has 0 aromatic carbocycles. The van der Waals surface area contributed by atoms with Gasteiger partial charge in [0.05, 0.1) is 31.3 Å². The Morgan fingerprint density at radius 2 is 1.04 bits per heavy atom. The lowest BCUT2D eigenvalue weighted by Gasteiger charge is -2.36. The lowest BCUT2D eigenvalue weighted by Crippen LogP contribution is -2.49. The highest BCUT2D eigenvalue weighted by Gasteiger charge is 2.21. The van der Waals surface area contributed by atoms with Gasteiger partial charge in [-0.15, -0.1) is 0 Å². The van der Waals surface area contributed by atoms with Crippen molar-refractivity contribution in [2.24, 2.45) is 0 Å². The molecule has 0 spiro atoms. The average Bonchev–Trinajstić information content (AvgIpc) is 2.57. The Balaban J connectivity index is 0.